The Bertz CT molecular complexity index is 1280. The van der Waals surface area contributed by atoms with Crippen LogP contribution in [0.5, 0.6) is 0 Å². The number of fused-ring (bicyclic) bond motifs is 2. The second-order valence-corrected chi connectivity index (χ2v) is 8.83. The van der Waals surface area contributed by atoms with Crippen molar-refractivity contribution in [3.05, 3.63) is 99.7 Å². The van der Waals surface area contributed by atoms with Gasteiger partial charge in [-0.05, 0) is 73.2 Å². The van der Waals surface area contributed by atoms with Crippen molar-refractivity contribution < 1.29 is 9.59 Å². The van der Waals surface area contributed by atoms with E-state index in [2.05, 4.69) is 34.1 Å². The first kappa shape index (κ1) is 21.3. The zero-order valence-electron chi connectivity index (χ0n) is 18.2. The predicted octanol–water partition coefficient (Wildman–Crippen LogP) is 6.05. The Hall–Kier alpha value is -3.57. The van der Waals surface area contributed by atoms with Gasteiger partial charge in [0.1, 0.15) is 5.16 Å². The molecule has 6 heteroatoms. The number of amides is 1. The minimum absolute atomic E-state index is 0.111. The van der Waals surface area contributed by atoms with E-state index in [1.165, 1.54) is 18.1 Å². The van der Waals surface area contributed by atoms with Crippen molar-refractivity contribution in [1.29, 1.82) is 0 Å². The number of hydrogen-bond acceptors (Lipinski definition) is 4. The van der Waals surface area contributed by atoms with Gasteiger partial charge in [-0.25, -0.2) is 0 Å². The van der Waals surface area contributed by atoms with Crippen LogP contribution in [-0.2, 0) is 17.6 Å². The zero-order valence-corrected chi connectivity index (χ0v) is 19.0. The number of Topliss-reactive ketones (excluding diaryl/α,β-unsaturated/α-hetero) is 1. The standard InChI is InChI=1S/C27H24ClN3O2/c1-16(32)24-25(19-11-10-17-6-5-7-18(17)14-19)30-22-13-12-20(15-23(22)31-26(24)28)27(33)29-21-8-3-2-4-9-21/h2-4,8-15,25,30-31H,5-7H2,1H3,(H,29,33). The van der Waals surface area contributed by atoms with E-state index in [-0.39, 0.29) is 16.8 Å². The molecule has 0 saturated carbocycles. The van der Waals surface area contributed by atoms with Crippen LogP contribution in [0.4, 0.5) is 17.1 Å². The third kappa shape index (κ3) is 4.24. The average molecular weight is 458 g/mol. The molecule has 3 aromatic carbocycles. The minimum atomic E-state index is -0.390. The van der Waals surface area contributed by atoms with E-state index in [1.807, 2.05) is 36.4 Å². The largest absolute Gasteiger partial charge is 0.372 e. The number of rotatable bonds is 4. The molecule has 1 unspecified atom stereocenters. The minimum Gasteiger partial charge on any atom is -0.372 e. The molecule has 1 amide bonds. The molecular formula is C27H24ClN3O2. The van der Waals surface area contributed by atoms with Crippen LogP contribution in [0.15, 0.2) is 77.5 Å². The highest BCUT2D eigenvalue weighted by atomic mass is 35.5. The third-order valence-electron chi connectivity index (χ3n) is 6.22. The SMILES string of the molecule is CC(=O)C1=C(Cl)Nc2cc(C(=O)Nc3ccccc3)ccc2NC1c1ccc2c(c1)CCC2. The summed E-state index contributed by atoms with van der Waals surface area (Å²) in [6, 6.07) is 20.7. The summed E-state index contributed by atoms with van der Waals surface area (Å²) in [5, 5.41) is 9.79. The molecule has 1 heterocycles. The fourth-order valence-corrected chi connectivity index (χ4v) is 4.90. The molecule has 0 spiro atoms. The van der Waals surface area contributed by atoms with E-state index < -0.39 is 6.04 Å². The fraction of sp³-hybridized carbons (Fsp3) is 0.185. The second-order valence-electron chi connectivity index (χ2n) is 8.45. The van der Waals surface area contributed by atoms with Gasteiger partial charge in [-0.2, -0.15) is 0 Å². The molecule has 0 radical (unpaired) electrons. The van der Waals surface area contributed by atoms with Gasteiger partial charge in [0, 0.05) is 11.3 Å². The molecule has 3 aromatic rings. The second kappa shape index (κ2) is 8.75. The molecule has 1 aliphatic heterocycles. The number of halogens is 1. The van der Waals surface area contributed by atoms with Crippen LogP contribution in [0.2, 0.25) is 0 Å². The lowest BCUT2D eigenvalue weighted by Gasteiger charge is -2.22. The molecular weight excluding hydrogens is 434 g/mol. The molecule has 0 aromatic heterocycles. The quantitative estimate of drug-likeness (QED) is 0.417. The molecule has 1 aliphatic carbocycles. The van der Waals surface area contributed by atoms with Gasteiger partial charge in [0.15, 0.2) is 5.78 Å². The van der Waals surface area contributed by atoms with Gasteiger partial charge in [0.05, 0.1) is 23.0 Å². The van der Waals surface area contributed by atoms with Crippen LogP contribution in [0, 0.1) is 0 Å². The van der Waals surface area contributed by atoms with Gasteiger partial charge in [0.25, 0.3) is 5.91 Å². The number of aryl methyl sites for hydroxylation is 2. The van der Waals surface area contributed by atoms with Crippen LogP contribution in [-0.4, -0.2) is 11.7 Å². The Morgan fingerprint density at radius 1 is 0.939 bits per heavy atom. The van der Waals surface area contributed by atoms with E-state index in [9.17, 15) is 9.59 Å². The van der Waals surface area contributed by atoms with Gasteiger partial charge in [-0.15, -0.1) is 0 Å². The Kier molecular flexibility index (Phi) is 5.65. The summed E-state index contributed by atoms with van der Waals surface area (Å²) in [5.41, 5.74) is 6.79. The summed E-state index contributed by atoms with van der Waals surface area (Å²) >= 11 is 6.64. The van der Waals surface area contributed by atoms with Crippen molar-refractivity contribution in [3.8, 4) is 0 Å². The molecule has 33 heavy (non-hydrogen) atoms. The van der Waals surface area contributed by atoms with Crippen LogP contribution in [0.1, 0.15) is 46.4 Å². The van der Waals surface area contributed by atoms with Gasteiger partial charge < -0.3 is 16.0 Å². The molecule has 5 rings (SSSR count). The fourth-order valence-electron chi connectivity index (χ4n) is 4.56. The average Bonchev–Trinajstić information content (AvgIpc) is 3.21. The number of benzene rings is 3. The molecule has 0 bridgehead atoms. The van der Waals surface area contributed by atoms with Gasteiger partial charge >= 0.3 is 0 Å². The van der Waals surface area contributed by atoms with Crippen LogP contribution in [0.3, 0.4) is 0 Å². The maximum Gasteiger partial charge on any atom is 0.255 e. The number of anilines is 3. The Balaban J connectivity index is 1.49. The number of para-hydroxylation sites is 1. The van der Waals surface area contributed by atoms with E-state index in [4.69, 9.17) is 11.6 Å². The summed E-state index contributed by atoms with van der Waals surface area (Å²) in [5.74, 6) is -0.336. The summed E-state index contributed by atoms with van der Waals surface area (Å²) in [7, 11) is 0. The van der Waals surface area contributed by atoms with Crippen LogP contribution < -0.4 is 16.0 Å². The topological polar surface area (TPSA) is 70.2 Å². The van der Waals surface area contributed by atoms with E-state index in [1.54, 1.807) is 12.1 Å². The van der Waals surface area contributed by atoms with Gasteiger partial charge in [0.2, 0.25) is 0 Å². The number of nitrogens with one attached hydrogen (secondary N) is 3. The van der Waals surface area contributed by atoms with Crippen molar-refractivity contribution in [1.82, 2.24) is 0 Å². The van der Waals surface area contributed by atoms with Crippen molar-refractivity contribution in [2.75, 3.05) is 16.0 Å². The predicted molar refractivity (Wildman–Crippen MR) is 133 cm³/mol. The highest BCUT2D eigenvalue weighted by Gasteiger charge is 2.29. The first-order valence-electron chi connectivity index (χ1n) is 11.1. The molecule has 1 atom stereocenters. The van der Waals surface area contributed by atoms with E-state index in [0.717, 1.165) is 36.2 Å². The Morgan fingerprint density at radius 3 is 2.52 bits per heavy atom. The van der Waals surface area contributed by atoms with E-state index in [0.29, 0.717) is 16.8 Å². The van der Waals surface area contributed by atoms with E-state index >= 15 is 0 Å². The molecule has 0 saturated heterocycles. The molecule has 5 nitrogen and oxygen atoms in total. The molecule has 2 aliphatic rings. The molecule has 0 fully saturated rings. The maximum absolute atomic E-state index is 12.8. The number of hydrogen-bond donors (Lipinski definition) is 3. The van der Waals surface area contributed by atoms with Crippen molar-refractivity contribution in [2.45, 2.75) is 32.2 Å². The molecule has 166 valence electrons. The highest BCUT2D eigenvalue weighted by Crippen LogP contribution is 2.39. The first-order valence-corrected chi connectivity index (χ1v) is 11.4. The lowest BCUT2D eigenvalue weighted by atomic mass is 9.94. The van der Waals surface area contributed by atoms with Crippen LogP contribution in [0.25, 0.3) is 0 Å². The first-order chi connectivity index (χ1) is 16.0. The summed E-state index contributed by atoms with van der Waals surface area (Å²) < 4.78 is 0. The van der Waals surface area contributed by atoms with Crippen molar-refractivity contribution in [3.63, 3.8) is 0 Å². The van der Waals surface area contributed by atoms with Crippen molar-refractivity contribution >= 4 is 40.4 Å². The molecule has 3 N–H and O–H groups in total. The lowest BCUT2D eigenvalue weighted by Crippen LogP contribution is -2.18. The van der Waals surface area contributed by atoms with Crippen LogP contribution >= 0.6 is 11.6 Å². The summed E-state index contributed by atoms with van der Waals surface area (Å²) in [6.45, 7) is 1.52. The Morgan fingerprint density at radius 2 is 1.73 bits per heavy atom. The Labute approximate surface area is 197 Å². The maximum atomic E-state index is 12.8. The normalized spacial score (nSPS) is 16.7. The van der Waals surface area contributed by atoms with Gasteiger partial charge in [-0.3, -0.25) is 9.59 Å². The number of carbonyl (C=O) groups is 2. The zero-order chi connectivity index (χ0) is 22.9. The van der Waals surface area contributed by atoms with Gasteiger partial charge in [-0.1, -0.05) is 48.0 Å². The highest BCUT2D eigenvalue weighted by molar-refractivity contribution is 6.33. The monoisotopic (exact) mass is 457 g/mol. The summed E-state index contributed by atoms with van der Waals surface area (Å²) in [4.78, 5) is 25.4. The lowest BCUT2D eigenvalue weighted by molar-refractivity contribution is -0.113. The summed E-state index contributed by atoms with van der Waals surface area (Å²) in [6.07, 6.45) is 3.31. The smallest absolute Gasteiger partial charge is 0.255 e. The van der Waals surface area contributed by atoms with Crippen molar-refractivity contribution in [2.24, 2.45) is 0 Å². The number of ketones is 1. The third-order valence-corrected chi connectivity index (χ3v) is 6.52. The number of carbonyl (C=O) groups excluding carboxylic acids is 2.